The van der Waals surface area contributed by atoms with E-state index in [-0.39, 0.29) is 0 Å². The van der Waals surface area contributed by atoms with E-state index < -0.39 is 0 Å². The Bertz CT molecular complexity index is 558. The first-order valence-corrected chi connectivity index (χ1v) is 6.21. The average Bonchev–Trinajstić information content (AvgIpc) is 2.27. The van der Waals surface area contributed by atoms with Crippen molar-refractivity contribution in [3.63, 3.8) is 0 Å². The van der Waals surface area contributed by atoms with Gasteiger partial charge in [0.1, 0.15) is 6.54 Å². The molecule has 17 heavy (non-hydrogen) atoms. The largest absolute Gasteiger partial charge is 0.322 e. The highest BCUT2D eigenvalue weighted by Gasteiger charge is 2.30. The molecular weight excluding hydrogens is 210 g/mol. The van der Waals surface area contributed by atoms with Gasteiger partial charge in [0, 0.05) is 29.3 Å². The Morgan fingerprint density at radius 2 is 2.06 bits per heavy atom. The molecule has 2 aromatic heterocycles. The van der Waals surface area contributed by atoms with Gasteiger partial charge in [-0.15, -0.1) is 0 Å². The van der Waals surface area contributed by atoms with Gasteiger partial charge in [-0.25, -0.2) is 9.97 Å². The SMILES string of the molecule is Cc1ccc2c(C[N+]3(C)CCC3)ccnc2n1. The standard InChI is InChI=1S/C14H18N3/c1-11-4-5-13-12(6-7-15-14(13)16-11)10-17(2)8-3-9-17/h4-7H,3,8-10H2,1-2H3/q+1. The Hall–Kier alpha value is -1.48. The first-order chi connectivity index (χ1) is 8.16. The van der Waals surface area contributed by atoms with Crippen LogP contribution in [0, 0.1) is 6.92 Å². The van der Waals surface area contributed by atoms with Crippen LogP contribution in [0.15, 0.2) is 24.4 Å². The van der Waals surface area contributed by atoms with E-state index in [1.165, 1.54) is 30.5 Å². The summed E-state index contributed by atoms with van der Waals surface area (Å²) in [6, 6.07) is 6.37. The molecule has 0 atom stereocenters. The highest BCUT2D eigenvalue weighted by molar-refractivity contribution is 5.78. The van der Waals surface area contributed by atoms with Crippen LogP contribution in [0.2, 0.25) is 0 Å². The fraction of sp³-hybridized carbons (Fsp3) is 0.429. The fourth-order valence-electron chi connectivity index (χ4n) is 2.58. The van der Waals surface area contributed by atoms with E-state index in [0.717, 1.165) is 22.4 Å². The lowest BCUT2D eigenvalue weighted by molar-refractivity contribution is -0.958. The van der Waals surface area contributed by atoms with E-state index >= 15 is 0 Å². The molecule has 0 aliphatic carbocycles. The second-order valence-corrected chi connectivity index (χ2v) is 5.37. The third-order valence-corrected chi connectivity index (χ3v) is 3.78. The lowest BCUT2D eigenvalue weighted by Gasteiger charge is -2.42. The normalized spacial score (nSPS) is 18.0. The van der Waals surface area contributed by atoms with Crippen molar-refractivity contribution >= 4 is 11.0 Å². The maximum atomic E-state index is 4.49. The Morgan fingerprint density at radius 3 is 2.76 bits per heavy atom. The van der Waals surface area contributed by atoms with Gasteiger partial charge in [-0.05, 0) is 25.1 Å². The molecule has 3 heteroatoms. The second kappa shape index (κ2) is 3.77. The summed E-state index contributed by atoms with van der Waals surface area (Å²) >= 11 is 0. The lowest BCUT2D eigenvalue weighted by atomic mass is 10.1. The van der Waals surface area contributed by atoms with Crippen LogP contribution in [-0.2, 0) is 6.54 Å². The van der Waals surface area contributed by atoms with Gasteiger partial charge < -0.3 is 4.48 Å². The second-order valence-electron chi connectivity index (χ2n) is 5.37. The molecule has 1 aliphatic rings. The summed E-state index contributed by atoms with van der Waals surface area (Å²) in [6.45, 7) is 5.70. The first kappa shape index (κ1) is 10.7. The van der Waals surface area contributed by atoms with E-state index in [1.54, 1.807) is 0 Å². The maximum Gasteiger partial charge on any atom is 0.159 e. The zero-order valence-corrected chi connectivity index (χ0v) is 10.5. The molecule has 0 bridgehead atoms. The van der Waals surface area contributed by atoms with Gasteiger partial charge in [0.2, 0.25) is 0 Å². The molecule has 3 heterocycles. The number of pyridine rings is 2. The zero-order valence-electron chi connectivity index (χ0n) is 10.5. The van der Waals surface area contributed by atoms with Crippen molar-refractivity contribution in [3.05, 3.63) is 35.7 Å². The molecule has 0 spiro atoms. The Morgan fingerprint density at radius 1 is 1.24 bits per heavy atom. The summed E-state index contributed by atoms with van der Waals surface area (Å²) in [5.41, 5.74) is 3.30. The Kier molecular flexibility index (Phi) is 2.37. The van der Waals surface area contributed by atoms with Crippen molar-refractivity contribution in [3.8, 4) is 0 Å². The molecule has 1 saturated heterocycles. The summed E-state index contributed by atoms with van der Waals surface area (Å²) in [4.78, 5) is 8.85. The molecule has 88 valence electrons. The molecule has 0 N–H and O–H groups in total. The van der Waals surface area contributed by atoms with Crippen LogP contribution in [0.4, 0.5) is 0 Å². The predicted octanol–water partition coefficient (Wildman–Crippen LogP) is 2.29. The van der Waals surface area contributed by atoms with Crippen LogP contribution < -0.4 is 0 Å². The number of quaternary nitrogens is 1. The molecule has 3 nitrogen and oxygen atoms in total. The number of hydrogen-bond acceptors (Lipinski definition) is 2. The van der Waals surface area contributed by atoms with Crippen LogP contribution in [-0.4, -0.2) is 34.6 Å². The van der Waals surface area contributed by atoms with Crippen LogP contribution in [0.3, 0.4) is 0 Å². The minimum atomic E-state index is 0.884. The van der Waals surface area contributed by atoms with Gasteiger partial charge in [0.05, 0.1) is 20.1 Å². The van der Waals surface area contributed by atoms with Gasteiger partial charge in [-0.3, -0.25) is 0 Å². The summed E-state index contributed by atoms with van der Waals surface area (Å²) in [5.74, 6) is 0. The highest BCUT2D eigenvalue weighted by Crippen LogP contribution is 2.24. The number of rotatable bonds is 2. The van der Waals surface area contributed by atoms with Gasteiger partial charge in [0.15, 0.2) is 5.65 Å². The summed E-state index contributed by atoms with van der Waals surface area (Å²) < 4.78 is 1.16. The van der Waals surface area contributed by atoms with E-state index in [0.29, 0.717) is 0 Å². The minimum Gasteiger partial charge on any atom is -0.322 e. The summed E-state index contributed by atoms with van der Waals surface area (Å²) in [7, 11) is 2.33. The van der Waals surface area contributed by atoms with Gasteiger partial charge in [0.25, 0.3) is 0 Å². The number of aryl methyl sites for hydroxylation is 1. The predicted molar refractivity (Wildman–Crippen MR) is 68.5 cm³/mol. The number of fused-ring (bicyclic) bond motifs is 1. The topological polar surface area (TPSA) is 25.8 Å². The van der Waals surface area contributed by atoms with Gasteiger partial charge >= 0.3 is 0 Å². The maximum absolute atomic E-state index is 4.49. The third-order valence-electron chi connectivity index (χ3n) is 3.78. The van der Waals surface area contributed by atoms with E-state index in [9.17, 15) is 0 Å². The number of aromatic nitrogens is 2. The van der Waals surface area contributed by atoms with Gasteiger partial charge in [-0.2, -0.15) is 0 Å². The molecule has 0 amide bonds. The van der Waals surface area contributed by atoms with Crippen molar-refractivity contribution < 1.29 is 4.48 Å². The molecule has 3 rings (SSSR count). The number of hydrogen-bond donors (Lipinski definition) is 0. The molecule has 0 saturated carbocycles. The van der Waals surface area contributed by atoms with Crippen LogP contribution in [0.5, 0.6) is 0 Å². The van der Waals surface area contributed by atoms with E-state index in [2.05, 4.69) is 35.2 Å². The monoisotopic (exact) mass is 228 g/mol. The van der Waals surface area contributed by atoms with Crippen molar-refractivity contribution in [2.24, 2.45) is 0 Å². The molecule has 0 aromatic carbocycles. The molecule has 2 aromatic rings. The number of likely N-dealkylation sites (tertiary alicyclic amines) is 1. The lowest BCUT2D eigenvalue weighted by Crippen LogP contribution is -2.53. The van der Waals surface area contributed by atoms with Gasteiger partial charge in [-0.1, -0.05) is 0 Å². The molecule has 1 fully saturated rings. The first-order valence-electron chi connectivity index (χ1n) is 6.21. The van der Waals surface area contributed by atoms with Crippen LogP contribution in [0.25, 0.3) is 11.0 Å². The van der Waals surface area contributed by atoms with Crippen LogP contribution >= 0.6 is 0 Å². The van der Waals surface area contributed by atoms with Crippen molar-refractivity contribution in [1.29, 1.82) is 0 Å². The third kappa shape index (κ3) is 1.91. The fourth-order valence-corrected chi connectivity index (χ4v) is 2.58. The molecular formula is C14H18N3+. The molecule has 1 aliphatic heterocycles. The van der Waals surface area contributed by atoms with E-state index in [1.807, 2.05) is 13.1 Å². The summed E-state index contributed by atoms with van der Waals surface area (Å²) in [5, 5.41) is 1.21. The molecule has 0 unspecified atom stereocenters. The molecule has 0 radical (unpaired) electrons. The van der Waals surface area contributed by atoms with Crippen LogP contribution in [0.1, 0.15) is 17.7 Å². The minimum absolute atomic E-state index is 0.884. The zero-order chi connectivity index (χ0) is 11.9. The smallest absolute Gasteiger partial charge is 0.159 e. The van der Waals surface area contributed by atoms with Crippen molar-refractivity contribution in [1.82, 2.24) is 9.97 Å². The van der Waals surface area contributed by atoms with Crippen molar-refractivity contribution in [2.75, 3.05) is 20.1 Å². The average molecular weight is 228 g/mol. The highest BCUT2D eigenvalue weighted by atomic mass is 15.4. The quantitative estimate of drug-likeness (QED) is 0.737. The Balaban J connectivity index is 2.04. The summed E-state index contributed by atoms with van der Waals surface area (Å²) in [6.07, 6.45) is 3.24. The number of nitrogens with zero attached hydrogens (tertiary/aromatic N) is 3. The van der Waals surface area contributed by atoms with E-state index in [4.69, 9.17) is 0 Å². The Labute approximate surface area is 102 Å². The van der Waals surface area contributed by atoms with Crippen molar-refractivity contribution in [2.45, 2.75) is 19.9 Å².